The van der Waals surface area contributed by atoms with Gasteiger partial charge in [0.25, 0.3) is 0 Å². The van der Waals surface area contributed by atoms with Crippen molar-refractivity contribution < 1.29 is 24.6 Å². The third-order valence-corrected chi connectivity index (χ3v) is 7.73. The predicted octanol–water partition coefficient (Wildman–Crippen LogP) is 7.93. The average Bonchev–Trinajstić information content (AvgIpc) is 3.46. The zero-order valence-corrected chi connectivity index (χ0v) is 30.6. The maximum atomic E-state index is 11.0. The summed E-state index contributed by atoms with van der Waals surface area (Å²) in [5.41, 5.74) is 11.3. The first-order chi connectivity index (χ1) is 21.5. The van der Waals surface area contributed by atoms with Gasteiger partial charge in [0, 0.05) is 30.0 Å². The number of nitrogens with zero attached hydrogens (tertiary/aromatic N) is 7. The number of hydrogen-bond donors (Lipinski definition) is 0. The maximum absolute atomic E-state index is 11.0. The van der Waals surface area contributed by atoms with Gasteiger partial charge in [-0.2, -0.15) is 10.2 Å². The molecule has 46 heavy (non-hydrogen) atoms. The number of carbonyl (C=O) groups excluding carboxylic acids is 1. The van der Waals surface area contributed by atoms with E-state index >= 15 is 0 Å². The Morgan fingerprint density at radius 2 is 1.20 bits per heavy atom. The van der Waals surface area contributed by atoms with Gasteiger partial charge >= 0.3 is 19.8 Å². The molecule has 0 aliphatic carbocycles. The molecule has 6 rings (SSSR count). The minimum atomic E-state index is -0.471. The Kier molecular flexibility index (Phi) is 12.8. The van der Waals surface area contributed by atoms with E-state index in [1.165, 1.54) is 22.3 Å². The van der Waals surface area contributed by atoms with Crippen molar-refractivity contribution in [2.24, 2.45) is 0 Å². The van der Waals surface area contributed by atoms with E-state index in [1.807, 2.05) is 78.1 Å². The molecule has 10 heteroatoms. The van der Waals surface area contributed by atoms with Crippen molar-refractivity contribution in [3.63, 3.8) is 0 Å². The van der Waals surface area contributed by atoms with E-state index in [0.29, 0.717) is 5.56 Å². The quantitative estimate of drug-likeness (QED) is 0.133. The summed E-state index contributed by atoms with van der Waals surface area (Å²) in [6.45, 7) is 16.5. The Labute approximate surface area is 289 Å². The number of aryl methyl sites for hydroxylation is 4. The Morgan fingerprint density at radius 3 is 1.59 bits per heavy atom. The Balaban J connectivity index is 0.000000186. The van der Waals surface area contributed by atoms with Gasteiger partial charge in [0.15, 0.2) is 11.6 Å². The first-order valence-electron chi connectivity index (χ1n) is 14.5. The molecule has 0 saturated carbocycles. The van der Waals surface area contributed by atoms with Crippen LogP contribution in [-0.4, -0.2) is 39.8 Å². The van der Waals surface area contributed by atoms with E-state index in [0.717, 1.165) is 45.7 Å². The summed E-state index contributed by atoms with van der Waals surface area (Å²) in [6.07, 6.45) is 5.32. The summed E-state index contributed by atoms with van der Waals surface area (Å²) in [5, 5.41) is 8.48. The fraction of sp³-hybridized carbons (Fsp3) is 0.222. The number of pyridine rings is 3. The monoisotopic (exact) mass is 810 g/mol. The fourth-order valence-electron chi connectivity index (χ4n) is 4.42. The van der Waals surface area contributed by atoms with Crippen LogP contribution in [0.3, 0.4) is 0 Å². The summed E-state index contributed by atoms with van der Waals surface area (Å²) < 4.78 is 3.80. The van der Waals surface area contributed by atoms with Crippen molar-refractivity contribution in [3.8, 4) is 22.9 Å². The summed E-state index contributed by atoms with van der Waals surface area (Å²) in [5.74, 6) is 1.78. The van der Waals surface area contributed by atoms with Crippen molar-refractivity contribution in [1.29, 1.82) is 0 Å². The van der Waals surface area contributed by atoms with Crippen LogP contribution in [0.15, 0.2) is 79.3 Å². The van der Waals surface area contributed by atoms with Crippen LogP contribution in [-0.2, 0) is 19.8 Å². The summed E-state index contributed by atoms with van der Waals surface area (Å²) in [7, 11) is 0. The standard InChI is InChI=1S/C12H7ClNO.2C12H15N3.Os/c13-12(15)10-5-3-4-9(8-10)11-6-1-2-7-14-11;2*1-8-5-6-13-12(7-8)15-11(4)9(2)10(3)14-15;/h1-3,5-8H;2*5-7H,1-4H3;/q-1;;;+1. The van der Waals surface area contributed by atoms with Gasteiger partial charge in [-0.15, -0.1) is 29.8 Å². The molecule has 0 N–H and O–H groups in total. The molecule has 0 fully saturated rings. The van der Waals surface area contributed by atoms with E-state index in [2.05, 4.69) is 72.8 Å². The minimum Gasteiger partial charge on any atom is -0.305 e. The van der Waals surface area contributed by atoms with Gasteiger partial charge in [0.05, 0.1) is 11.4 Å². The van der Waals surface area contributed by atoms with Crippen LogP contribution < -0.4 is 0 Å². The fourth-order valence-corrected chi connectivity index (χ4v) is 4.54. The second-order valence-corrected chi connectivity index (χ2v) is 11.1. The number of halogens is 1. The number of hydrogen-bond acceptors (Lipinski definition) is 6. The number of carbonyl (C=O) groups is 1. The van der Waals surface area contributed by atoms with Crippen LogP contribution in [0.5, 0.6) is 0 Å². The molecular weight excluding hydrogens is 772 g/mol. The van der Waals surface area contributed by atoms with Gasteiger partial charge in [-0.1, -0.05) is 12.1 Å². The largest absolute Gasteiger partial charge is 1.00 e. The smallest absolute Gasteiger partial charge is 0.305 e. The SMILES string of the molecule is Cc1ccnc(-n2nc(C)c(C)c2C)c1.Cc1ccnc(-n2nc(C)c(C)c2C)c1.O=C(Cl)c1cc[c-]c(-c2ccccn2)c1.[Os+]. The van der Waals surface area contributed by atoms with Gasteiger partial charge in [-0.3, -0.25) is 4.79 Å². The average molecular weight is 809 g/mol. The molecule has 8 nitrogen and oxygen atoms in total. The zero-order chi connectivity index (χ0) is 32.7. The first kappa shape index (κ1) is 36.2. The second-order valence-electron chi connectivity index (χ2n) is 10.8. The molecule has 0 aliphatic rings. The second kappa shape index (κ2) is 16.3. The van der Waals surface area contributed by atoms with Crippen LogP contribution in [0.4, 0.5) is 0 Å². The summed E-state index contributed by atoms with van der Waals surface area (Å²) in [4.78, 5) is 23.8. The van der Waals surface area contributed by atoms with Crippen molar-refractivity contribution in [2.75, 3.05) is 0 Å². The molecule has 5 heterocycles. The summed E-state index contributed by atoms with van der Waals surface area (Å²) in [6, 6.07) is 21.6. The Morgan fingerprint density at radius 1 is 0.674 bits per heavy atom. The van der Waals surface area contributed by atoms with Gasteiger partial charge in [0.2, 0.25) is 5.24 Å². The van der Waals surface area contributed by atoms with E-state index in [4.69, 9.17) is 11.6 Å². The predicted molar refractivity (Wildman–Crippen MR) is 179 cm³/mol. The third kappa shape index (κ3) is 8.90. The molecular formula is C36H37ClN7OOs. The summed E-state index contributed by atoms with van der Waals surface area (Å²) >= 11 is 5.39. The van der Waals surface area contributed by atoms with Crippen molar-refractivity contribution in [1.82, 2.24) is 34.5 Å². The van der Waals surface area contributed by atoms with E-state index in [-0.39, 0.29) is 19.8 Å². The molecule has 0 amide bonds. The number of rotatable bonds is 4. The number of aromatic nitrogens is 7. The molecule has 1 radical (unpaired) electrons. The minimum absolute atomic E-state index is 0. The number of benzene rings is 1. The van der Waals surface area contributed by atoms with Crippen molar-refractivity contribution in [2.45, 2.75) is 55.4 Å². The van der Waals surface area contributed by atoms with Gasteiger partial charge in [0.1, 0.15) is 0 Å². The van der Waals surface area contributed by atoms with Crippen LogP contribution in [0.1, 0.15) is 55.4 Å². The van der Waals surface area contributed by atoms with Crippen LogP contribution >= 0.6 is 11.6 Å². The Bertz CT molecular complexity index is 1840. The van der Waals surface area contributed by atoms with Crippen molar-refractivity contribution >= 4 is 16.8 Å². The molecule has 0 saturated heterocycles. The van der Waals surface area contributed by atoms with Crippen LogP contribution in [0, 0.1) is 61.5 Å². The van der Waals surface area contributed by atoms with Crippen LogP contribution in [0.2, 0.25) is 0 Å². The molecule has 5 aromatic heterocycles. The Hall–Kier alpha value is -4.31. The van der Waals surface area contributed by atoms with E-state index < -0.39 is 5.24 Å². The van der Waals surface area contributed by atoms with Crippen LogP contribution in [0.25, 0.3) is 22.9 Å². The molecule has 237 valence electrons. The van der Waals surface area contributed by atoms with Crippen molar-refractivity contribution in [3.05, 3.63) is 136 Å². The zero-order valence-electron chi connectivity index (χ0n) is 27.3. The van der Waals surface area contributed by atoms with Gasteiger partial charge in [-0.25, -0.2) is 19.3 Å². The third-order valence-electron chi connectivity index (χ3n) is 7.51. The molecule has 0 aliphatic heterocycles. The topological polar surface area (TPSA) is 91.4 Å². The molecule has 6 aromatic rings. The molecule has 0 bridgehead atoms. The molecule has 0 unspecified atom stereocenters. The molecule has 0 spiro atoms. The van der Waals surface area contributed by atoms with E-state index in [1.54, 1.807) is 24.4 Å². The maximum Gasteiger partial charge on any atom is 1.00 e. The normalized spacial score (nSPS) is 10.2. The first-order valence-corrected chi connectivity index (χ1v) is 14.9. The van der Waals surface area contributed by atoms with Gasteiger partial charge < -0.3 is 4.98 Å². The van der Waals surface area contributed by atoms with E-state index in [9.17, 15) is 4.79 Å². The van der Waals surface area contributed by atoms with Gasteiger partial charge in [-0.05, 0) is 131 Å². The molecule has 1 aromatic carbocycles. The molecule has 0 atom stereocenters.